The average molecular weight is 698 g/mol. The number of rotatable bonds is 10. The van der Waals surface area contributed by atoms with Crippen molar-refractivity contribution in [2.75, 3.05) is 16.4 Å². The molecule has 0 fully saturated rings. The summed E-state index contributed by atoms with van der Waals surface area (Å²) in [6.45, 7) is 4.04. The molecule has 0 bridgehead atoms. The first-order chi connectivity index (χ1) is 21.7. The average Bonchev–Trinajstić information content (AvgIpc) is 3.41. The van der Waals surface area contributed by atoms with E-state index in [0.29, 0.717) is 16.4 Å². The number of aromatic nitrogens is 1. The van der Waals surface area contributed by atoms with E-state index in [-0.39, 0.29) is 17.4 Å². The Morgan fingerprint density at radius 2 is 1.53 bits per heavy atom. The molecule has 0 unspecified atom stereocenters. The molecular formula is C35H29BrN4O3S2. The molecule has 0 spiro atoms. The van der Waals surface area contributed by atoms with Crippen molar-refractivity contribution < 1.29 is 14.4 Å². The summed E-state index contributed by atoms with van der Waals surface area (Å²) in [6, 6.07) is 31.4. The third-order valence-corrected chi connectivity index (χ3v) is 8.99. The monoisotopic (exact) mass is 696 g/mol. The third kappa shape index (κ3) is 9.01. The van der Waals surface area contributed by atoms with Crippen LogP contribution in [0.3, 0.4) is 0 Å². The van der Waals surface area contributed by atoms with Crippen LogP contribution in [0.1, 0.15) is 26.4 Å². The molecule has 7 nitrogen and oxygen atoms in total. The van der Waals surface area contributed by atoms with E-state index >= 15 is 0 Å². The molecule has 4 aromatic carbocycles. The van der Waals surface area contributed by atoms with Gasteiger partial charge in [-0.15, -0.1) is 23.1 Å². The highest BCUT2D eigenvalue weighted by atomic mass is 79.9. The standard InChI is InChI=1S/C35H29BrN4O3S2/c1-22-8-12-25(13-9-22)32-23(2)45-35(40-32)39-31(41)21-44-29-18-16-28(17-19-29)37-34(43)30(20-24-10-14-27(36)15-11-24)38-33(42)26-6-4-3-5-7-26/h3-20H,21H2,1-2H3,(H,37,43)(H,38,42)(H,39,40,41)/b30-20-. The second kappa shape index (κ2) is 15.0. The van der Waals surface area contributed by atoms with Crippen molar-refractivity contribution in [3.05, 3.63) is 135 Å². The molecule has 0 aliphatic rings. The molecule has 3 N–H and O–H groups in total. The molecule has 5 aromatic rings. The predicted molar refractivity (Wildman–Crippen MR) is 187 cm³/mol. The fraction of sp³-hybridized carbons (Fsp3) is 0.0857. The summed E-state index contributed by atoms with van der Waals surface area (Å²) in [5, 5.41) is 9.06. The van der Waals surface area contributed by atoms with Crippen LogP contribution in [-0.2, 0) is 9.59 Å². The molecule has 1 aromatic heterocycles. The number of thioether (sulfide) groups is 1. The minimum atomic E-state index is -0.467. The predicted octanol–water partition coefficient (Wildman–Crippen LogP) is 8.33. The van der Waals surface area contributed by atoms with Crippen LogP contribution in [0.15, 0.2) is 118 Å². The molecule has 226 valence electrons. The van der Waals surface area contributed by atoms with E-state index < -0.39 is 11.8 Å². The number of carbonyl (C=O) groups is 3. The van der Waals surface area contributed by atoms with Crippen molar-refractivity contribution in [2.24, 2.45) is 0 Å². The molecule has 0 saturated carbocycles. The highest BCUT2D eigenvalue weighted by Crippen LogP contribution is 2.31. The Bertz CT molecular complexity index is 1840. The molecule has 10 heteroatoms. The number of amides is 3. The van der Waals surface area contributed by atoms with Crippen molar-refractivity contribution in [1.82, 2.24) is 10.3 Å². The van der Waals surface area contributed by atoms with Gasteiger partial charge in [-0.25, -0.2) is 4.98 Å². The summed E-state index contributed by atoms with van der Waals surface area (Å²) in [5.41, 5.74) is 4.91. The number of anilines is 2. The van der Waals surface area contributed by atoms with Crippen LogP contribution >= 0.6 is 39.0 Å². The van der Waals surface area contributed by atoms with Gasteiger partial charge in [-0.2, -0.15) is 0 Å². The normalized spacial score (nSPS) is 11.1. The fourth-order valence-electron chi connectivity index (χ4n) is 4.23. The van der Waals surface area contributed by atoms with Gasteiger partial charge < -0.3 is 16.0 Å². The van der Waals surface area contributed by atoms with Crippen molar-refractivity contribution in [1.29, 1.82) is 0 Å². The van der Waals surface area contributed by atoms with Crippen LogP contribution in [0.25, 0.3) is 17.3 Å². The van der Waals surface area contributed by atoms with Crippen molar-refractivity contribution >= 4 is 73.6 Å². The van der Waals surface area contributed by atoms with Crippen molar-refractivity contribution in [2.45, 2.75) is 18.7 Å². The first kappa shape index (κ1) is 31.9. The second-order valence-corrected chi connectivity index (χ2v) is 13.2. The second-order valence-electron chi connectivity index (χ2n) is 10.0. The molecule has 0 aliphatic carbocycles. The van der Waals surface area contributed by atoms with Crippen molar-refractivity contribution in [3.63, 3.8) is 0 Å². The lowest BCUT2D eigenvalue weighted by Crippen LogP contribution is -2.30. The Balaban J connectivity index is 1.19. The third-order valence-electron chi connectivity index (χ3n) is 6.56. The van der Waals surface area contributed by atoms with Crippen LogP contribution in [-0.4, -0.2) is 28.5 Å². The maximum Gasteiger partial charge on any atom is 0.272 e. The van der Waals surface area contributed by atoms with E-state index in [0.717, 1.165) is 31.1 Å². The van der Waals surface area contributed by atoms with E-state index in [1.807, 2.05) is 80.6 Å². The minimum absolute atomic E-state index is 0.101. The summed E-state index contributed by atoms with van der Waals surface area (Å²) < 4.78 is 0.903. The first-order valence-electron chi connectivity index (χ1n) is 14.0. The number of benzene rings is 4. The minimum Gasteiger partial charge on any atom is -0.321 e. The highest BCUT2D eigenvalue weighted by molar-refractivity contribution is 9.10. The quantitative estimate of drug-likeness (QED) is 0.101. The summed E-state index contributed by atoms with van der Waals surface area (Å²) in [5.74, 6) is -0.807. The fourth-order valence-corrected chi connectivity index (χ4v) is 6.05. The van der Waals surface area contributed by atoms with E-state index in [2.05, 4.69) is 36.9 Å². The summed E-state index contributed by atoms with van der Waals surface area (Å²) in [4.78, 5) is 45.3. The van der Waals surface area contributed by atoms with Crippen LogP contribution in [0.4, 0.5) is 10.8 Å². The zero-order valence-electron chi connectivity index (χ0n) is 24.5. The zero-order chi connectivity index (χ0) is 31.8. The lowest BCUT2D eigenvalue weighted by atomic mass is 10.1. The van der Waals surface area contributed by atoms with Gasteiger partial charge in [0.25, 0.3) is 11.8 Å². The Kier molecular flexibility index (Phi) is 10.6. The number of nitrogens with zero attached hydrogens (tertiary/aromatic N) is 1. The molecule has 0 saturated heterocycles. The highest BCUT2D eigenvalue weighted by Gasteiger charge is 2.16. The number of hydrogen-bond acceptors (Lipinski definition) is 6. The van der Waals surface area contributed by atoms with Crippen LogP contribution in [0.5, 0.6) is 0 Å². The molecule has 1 heterocycles. The smallest absolute Gasteiger partial charge is 0.272 e. The van der Waals surface area contributed by atoms with Gasteiger partial charge in [0.15, 0.2) is 5.13 Å². The topological polar surface area (TPSA) is 100 Å². The van der Waals surface area contributed by atoms with Gasteiger partial charge in [0.2, 0.25) is 5.91 Å². The SMILES string of the molecule is Cc1ccc(-c2nc(NC(=O)CSc3ccc(NC(=O)/C(=C/c4ccc(Br)cc4)NC(=O)c4ccccc4)cc3)sc2C)cc1. The Morgan fingerprint density at radius 1 is 0.844 bits per heavy atom. The van der Waals surface area contributed by atoms with E-state index in [9.17, 15) is 14.4 Å². The lowest BCUT2D eigenvalue weighted by molar-refractivity contribution is -0.114. The van der Waals surface area contributed by atoms with Gasteiger partial charge in [-0.3, -0.25) is 14.4 Å². The Hall–Kier alpha value is -4.51. The van der Waals surface area contributed by atoms with Gasteiger partial charge >= 0.3 is 0 Å². The van der Waals surface area contributed by atoms with E-state index in [1.165, 1.54) is 28.7 Å². The van der Waals surface area contributed by atoms with Gasteiger partial charge in [0.1, 0.15) is 5.70 Å². The molecule has 0 radical (unpaired) electrons. The largest absolute Gasteiger partial charge is 0.321 e. The lowest BCUT2D eigenvalue weighted by Gasteiger charge is -2.12. The number of thiazole rings is 1. The summed E-state index contributed by atoms with van der Waals surface area (Å²) in [6.07, 6.45) is 1.62. The molecule has 45 heavy (non-hydrogen) atoms. The number of nitrogens with one attached hydrogen (secondary N) is 3. The zero-order valence-corrected chi connectivity index (χ0v) is 27.7. The van der Waals surface area contributed by atoms with Crippen LogP contribution in [0.2, 0.25) is 0 Å². The van der Waals surface area contributed by atoms with E-state index in [4.69, 9.17) is 0 Å². The van der Waals surface area contributed by atoms with Crippen LogP contribution < -0.4 is 16.0 Å². The Morgan fingerprint density at radius 3 is 2.22 bits per heavy atom. The Labute approximate surface area is 278 Å². The maximum atomic E-state index is 13.3. The van der Waals surface area contributed by atoms with Crippen molar-refractivity contribution in [3.8, 4) is 11.3 Å². The van der Waals surface area contributed by atoms with E-state index in [1.54, 1.807) is 42.5 Å². The summed E-state index contributed by atoms with van der Waals surface area (Å²) >= 11 is 6.24. The van der Waals surface area contributed by atoms with Gasteiger partial charge in [-0.1, -0.05) is 76.1 Å². The van der Waals surface area contributed by atoms with Gasteiger partial charge in [0.05, 0.1) is 11.4 Å². The molecule has 0 aliphatic heterocycles. The molecule has 0 atom stereocenters. The van der Waals surface area contributed by atoms with Gasteiger partial charge in [0, 0.05) is 31.1 Å². The number of aryl methyl sites for hydroxylation is 2. The summed E-state index contributed by atoms with van der Waals surface area (Å²) in [7, 11) is 0. The van der Waals surface area contributed by atoms with Crippen LogP contribution in [0, 0.1) is 13.8 Å². The molecule has 5 rings (SSSR count). The number of hydrogen-bond donors (Lipinski definition) is 3. The maximum absolute atomic E-state index is 13.3. The number of carbonyl (C=O) groups excluding carboxylic acids is 3. The van der Waals surface area contributed by atoms with Gasteiger partial charge in [-0.05, 0) is 74.0 Å². The molecular weight excluding hydrogens is 668 g/mol. The molecule has 3 amide bonds. The first-order valence-corrected chi connectivity index (χ1v) is 16.6. The number of halogens is 1.